The van der Waals surface area contributed by atoms with E-state index in [2.05, 4.69) is 20.4 Å². The van der Waals surface area contributed by atoms with Crippen LogP contribution in [0.25, 0.3) is 0 Å². The van der Waals surface area contributed by atoms with Crippen LogP contribution in [-0.2, 0) is 0 Å². The van der Waals surface area contributed by atoms with Gasteiger partial charge in [0.15, 0.2) is 6.61 Å². The Morgan fingerprint density at radius 3 is 2.77 bits per heavy atom. The van der Waals surface area contributed by atoms with Crippen LogP contribution < -0.4 is 15.4 Å². The Labute approximate surface area is 132 Å². The van der Waals surface area contributed by atoms with Gasteiger partial charge in [-0.25, -0.2) is 4.98 Å². The molecule has 0 bridgehead atoms. The number of alkyl halides is 3. The fraction of sp³-hybridized carbons (Fsp3) is 0.538. The molecule has 9 heteroatoms. The van der Waals surface area contributed by atoms with Crippen LogP contribution in [0.5, 0.6) is 5.88 Å². The maximum Gasteiger partial charge on any atom is 0.422 e. The average molecular weight is 340 g/mol. The number of ether oxygens (including phenoxy) is 1. The average Bonchev–Trinajstić information content (AvgIpc) is 2.46. The van der Waals surface area contributed by atoms with Crippen LogP contribution in [0.1, 0.15) is 23.2 Å². The van der Waals surface area contributed by atoms with Gasteiger partial charge in [0.1, 0.15) is 0 Å². The number of rotatable bonds is 4. The molecule has 1 aliphatic heterocycles. The normalized spacial score (nSPS) is 18.2. The summed E-state index contributed by atoms with van der Waals surface area (Å²) < 4.78 is 40.4. The summed E-state index contributed by atoms with van der Waals surface area (Å²) in [6.45, 7) is 0.254. The van der Waals surface area contributed by atoms with Gasteiger partial charge in [-0.05, 0) is 25.5 Å². The molecule has 0 saturated carbocycles. The van der Waals surface area contributed by atoms with E-state index in [1.165, 1.54) is 18.3 Å². The SMILES string of the molecule is Cl.O=C(NC1CCCNC1)c1ccc(OCC(F)(F)F)nc1. The molecule has 5 nitrogen and oxygen atoms in total. The zero-order valence-electron chi connectivity index (χ0n) is 11.7. The number of nitrogens with zero attached hydrogens (tertiary/aromatic N) is 1. The summed E-state index contributed by atoms with van der Waals surface area (Å²) >= 11 is 0. The van der Waals surface area contributed by atoms with Crippen molar-refractivity contribution in [2.45, 2.75) is 25.1 Å². The van der Waals surface area contributed by atoms with Gasteiger partial charge in [0.05, 0.1) is 5.56 Å². The zero-order chi connectivity index (χ0) is 15.3. The van der Waals surface area contributed by atoms with E-state index in [1.807, 2.05) is 0 Å². The summed E-state index contributed by atoms with van der Waals surface area (Å²) in [6.07, 6.45) is -1.31. The Bertz CT molecular complexity index is 476. The van der Waals surface area contributed by atoms with Crippen molar-refractivity contribution in [1.82, 2.24) is 15.6 Å². The molecule has 0 spiro atoms. The lowest BCUT2D eigenvalue weighted by atomic mass is 10.1. The van der Waals surface area contributed by atoms with E-state index in [1.54, 1.807) is 0 Å². The van der Waals surface area contributed by atoms with E-state index < -0.39 is 12.8 Å². The molecule has 2 rings (SSSR count). The van der Waals surface area contributed by atoms with Gasteiger partial charge in [0.2, 0.25) is 5.88 Å². The summed E-state index contributed by atoms with van der Waals surface area (Å²) in [7, 11) is 0. The van der Waals surface area contributed by atoms with E-state index in [9.17, 15) is 18.0 Å². The largest absolute Gasteiger partial charge is 0.468 e. The summed E-state index contributed by atoms with van der Waals surface area (Å²) in [4.78, 5) is 15.6. The summed E-state index contributed by atoms with van der Waals surface area (Å²) in [6, 6.07) is 2.71. The number of hydrogen-bond donors (Lipinski definition) is 2. The quantitative estimate of drug-likeness (QED) is 0.880. The first-order valence-electron chi connectivity index (χ1n) is 6.61. The number of carbonyl (C=O) groups is 1. The molecule has 1 aromatic rings. The van der Waals surface area contributed by atoms with Crippen molar-refractivity contribution in [3.63, 3.8) is 0 Å². The second kappa shape index (κ2) is 8.19. The maximum atomic E-state index is 12.0. The predicted molar refractivity (Wildman–Crippen MR) is 76.4 cm³/mol. The highest BCUT2D eigenvalue weighted by Gasteiger charge is 2.28. The smallest absolute Gasteiger partial charge is 0.422 e. The molecule has 0 aliphatic carbocycles. The van der Waals surface area contributed by atoms with Crippen LogP contribution in [0, 0.1) is 0 Å². The van der Waals surface area contributed by atoms with Crippen molar-refractivity contribution in [2.75, 3.05) is 19.7 Å². The molecule has 124 valence electrons. The van der Waals surface area contributed by atoms with Crippen molar-refractivity contribution >= 4 is 18.3 Å². The first-order chi connectivity index (χ1) is 9.94. The Morgan fingerprint density at radius 1 is 1.45 bits per heavy atom. The van der Waals surface area contributed by atoms with Crippen molar-refractivity contribution in [1.29, 1.82) is 0 Å². The first kappa shape index (κ1) is 18.5. The van der Waals surface area contributed by atoms with Gasteiger partial charge >= 0.3 is 6.18 Å². The third-order valence-electron chi connectivity index (χ3n) is 3.01. The number of hydrogen-bond acceptors (Lipinski definition) is 4. The molecule has 1 atom stereocenters. The van der Waals surface area contributed by atoms with Crippen LogP contribution in [0.3, 0.4) is 0 Å². The summed E-state index contributed by atoms with van der Waals surface area (Å²) in [5.74, 6) is -0.457. The second-order valence-corrected chi connectivity index (χ2v) is 4.81. The molecule has 1 amide bonds. The Balaban J connectivity index is 0.00000242. The zero-order valence-corrected chi connectivity index (χ0v) is 12.5. The van der Waals surface area contributed by atoms with E-state index >= 15 is 0 Å². The standard InChI is InChI=1S/C13H16F3N3O2.ClH/c14-13(15,16)8-21-11-4-3-9(6-18-11)12(20)19-10-2-1-5-17-7-10;/h3-4,6,10,17H,1-2,5,7-8H2,(H,19,20);1H. The lowest BCUT2D eigenvalue weighted by Crippen LogP contribution is -2.45. The molecule has 1 fully saturated rings. The predicted octanol–water partition coefficient (Wildman–Crippen LogP) is 1.93. The number of halogens is 4. The Morgan fingerprint density at radius 2 is 2.23 bits per heavy atom. The molecule has 1 saturated heterocycles. The molecule has 22 heavy (non-hydrogen) atoms. The molecule has 1 unspecified atom stereocenters. The first-order valence-corrected chi connectivity index (χ1v) is 6.61. The van der Waals surface area contributed by atoms with Crippen LogP contribution in [-0.4, -0.2) is 42.8 Å². The molecule has 0 radical (unpaired) electrons. The number of nitrogens with one attached hydrogen (secondary N) is 2. The highest BCUT2D eigenvalue weighted by atomic mass is 35.5. The van der Waals surface area contributed by atoms with E-state index in [0.717, 1.165) is 19.4 Å². The molecular weight excluding hydrogens is 323 g/mol. The lowest BCUT2D eigenvalue weighted by molar-refractivity contribution is -0.154. The molecular formula is C13H17ClF3N3O2. The van der Waals surface area contributed by atoms with Gasteiger partial charge in [-0.2, -0.15) is 13.2 Å². The van der Waals surface area contributed by atoms with Gasteiger partial charge in [-0.1, -0.05) is 0 Å². The number of amides is 1. The highest BCUT2D eigenvalue weighted by molar-refractivity contribution is 5.94. The van der Waals surface area contributed by atoms with Crippen LogP contribution in [0.15, 0.2) is 18.3 Å². The monoisotopic (exact) mass is 339 g/mol. The van der Waals surface area contributed by atoms with Crippen LogP contribution in [0.2, 0.25) is 0 Å². The highest BCUT2D eigenvalue weighted by Crippen LogP contribution is 2.17. The van der Waals surface area contributed by atoms with Gasteiger partial charge < -0.3 is 15.4 Å². The second-order valence-electron chi connectivity index (χ2n) is 4.81. The molecule has 1 aliphatic rings. The van der Waals surface area contributed by atoms with Gasteiger partial charge in [0, 0.05) is 24.8 Å². The minimum Gasteiger partial charge on any atom is -0.468 e. The number of pyridine rings is 1. The molecule has 2 N–H and O–H groups in total. The van der Waals surface area contributed by atoms with Crippen molar-refractivity contribution < 1.29 is 22.7 Å². The third-order valence-corrected chi connectivity index (χ3v) is 3.01. The number of carbonyl (C=O) groups excluding carboxylic acids is 1. The fourth-order valence-corrected chi connectivity index (χ4v) is 2.00. The van der Waals surface area contributed by atoms with E-state index in [-0.39, 0.29) is 30.2 Å². The minimum absolute atomic E-state index is 0. The fourth-order valence-electron chi connectivity index (χ4n) is 2.00. The molecule has 0 aromatic carbocycles. The van der Waals surface area contributed by atoms with Crippen molar-refractivity contribution in [3.8, 4) is 5.88 Å². The Kier molecular flexibility index (Phi) is 6.89. The maximum absolute atomic E-state index is 12.0. The van der Waals surface area contributed by atoms with Crippen molar-refractivity contribution in [2.24, 2.45) is 0 Å². The minimum atomic E-state index is -4.41. The third kappa shape index (κ3) is 6.07. The molecule has 1 aromatic heterocycles. The summed E-state index contributed by atoms with van der Waals surface area (Å²) in [5, 5.41) is 6.02. The van der Waals surface area contributed by atoms with Crippen molar-refractivity contribution in [3.05, 3.63) is 23.9 Å². The lowest BCUT2D eigenvalue weighted by Gasteiger charge is -2.23. The van der Waals surface area contributed by atoms with E-state index in [4.69, 9.17) is 0 Å². The Hall–Kier alpha value is -1.54. The van der Waals surface area contributed by atoms with Gasteiger partial charge in [-0.15, -0.1) is 12.4 Å². The topological polar surface area (TPSA) is 63.2 Å². The molecule has 2 heterocycles. The van der Waals surface area contributed by atoms with E-state index in [0.29, 0.717) is 12.1 Å². The number of aromatic nitrogens is 1. The van der Waals surface area contributed by atoms with Gasteiger partial charge in [0.25, 0.3) is 5.91 Å². The summed E-state index contributed by atoms with van der Waals surface area (Å²) in [5.41, 5.74) is 0.292. The number of piperidine rings is 1. The van der Waals surface area contributed by atoms with Crippen LogP contribution >= 0.6 is 12.4 Å². The van der Waals surface area contributed by atoms with Crippen LogP contribution in [0.4, 0.5) is 13.2 Å². The van der Waals surface area contributed by atoms with Gasteiger partial charge in [-0.3, -0.25) is 4.79 Å².